The SMILES string of the molecule is O=C(/N=N/c1nc(Nc2ccccc2)nc(N2CCOCC2)n1)Nc1ccc(Cl)cc1. The first-order valence-corrected chi connectivity index (χ1v) is 9.93. The molecule has 2 aromatic carbocycles. The number of nitrogens with zero attached hydrogens (tertiary/aromatic N) is 6. The Morgan fingerprint density at radius 3 is 2.45 bits per heavy atom. The Labute approximate surface area is 183 Å². The molecule has 1 aromatic heterocycles. The molecule has 4 rings (SSSR count). The summed E-state index contributed by atoms with van der Waals surface area (Å²) in [4.78, 5) is 27.2. The first-order valence-electron chi connectivity index (χ1n) is 9.55. The van der Waals surface area contributed by atoms with Crippen LogP contribution in [-0.4, -0.2) is 47.3 Å². The van der Waals surface area contributed by atoms with Crippen LogP contribution in [0.1, 0.15) is 0 Å². The number of nitrogens with one attached hydrogen (secondary N) is 2. The number of benzene rings is 2. The van der Waals surface area contributed by atoms with Crippen LogP contribution in [-0.2, 0) is 4.74 Å². The minimum absolute atomic E-state index is 0.0150. The summed E-state index contributed by atoms with van der Waals surface area (Å²) in [6.07, 6.45) is 0. The van der Waals surface area contributed by atoms with Crippen LogP contribution in [0.3, 0.4) is 0 Å². The zero-order valence-electron chi connectivity index (χ0n) is 16.4. The molecular weight excluding hydrogens is 420 g/mol. The summed E-state index contributed by atoms with van der Waals surface area (Å²) in [7, 11) is 0. The smallest absolute Gasteiger partial charge is 0.364 e. The minimum atomic E-state index is -0.659. The maximum Gasteiger partial charge on any atom is 0.364 e. The summed E-state index contributed by atoms with van der Waals surface area (Å²) in [6.45, 7) is 2.44. The molecule has 0 unspecified atom stereocenters. The van der Waals surface area contributed by atoms with Crippen molar-refractivity contribution in [2.24, 2.45) is 10.2 Å². The second kappa shape index (κ2) is 9.92. The van der Waals surface area contributed by atoms with Gasteiger partial charge < -0.3 is 20.3 Å². The van der Waals surface area contributed by atoms with Crippen molar-refractivity contribution in [2.75, 3.05) is 41.8 Å². The quantitative estimate of drug-likeness (QED) is 0.566. The Balaban J connectivity index is 1.54. The highest BCUT2D eigenvalue weighted by atomic mass is 35.5. The van der Waals surface area contributed by atoms with Crippen molar-refractivity contribution in [3.63, 3.8) is 0 Å². The van der Waals surface area contributed by atoms with E-state index in [1.54, 1.807) is 24.3 Å². The fourth-order valence-electron chi connectivity index (χ4n) is 2.78. The number of amides is 2. The molecule has 0 bridgehead atoms. The number of hydrogen-bond acceptors (Lipinski definition) is 8. The van der Waals surface area contributed by atoms with Crippen LogP contribution in [0.5, 0.6) is 0 Å². The van der Waals surface area contributed by atoms with Crippen LogP contribution in [0, 0.1) is 0 Å². The summed E-state index contributed by atoms with van der Waals surface area (Å²) in [5.74, 6) is 0.750. The van der Waals surface area contributed by atoms with Gasteiger partial charge in [0.15, 0.2) is 0 Å². The standard InChI is InChI=1S/C20H19ClN8O2/c21-14-6-8-16(9-7-14)23-20(30)28-27-18-24-17(22-15-4-2-1-3-5-15)25-19(26-18)29-10-12-31-13-11-29/h1-9H,10-13H2,(H,23,30)(H,22,24,25,26)/b28-27+. The van der Waals surface area contributed by atoms with E-state index in [1.807, 2.05) is 35.2 Å². The van der Waals surface area contributed by atoms with Gasteiger partial charge in [0.05, 0.1) is 13.2 Å². The second-order valence-electron chi connectivity index (χ2n) is 6.49. The van der Waals surface area contributed by atoms with Crippen molar-refractivity contribution >= 4 is 46.9 Å². The van der Waals surface area contributed by atoms with Gasteiger partial charge in [0, 0.05) is 29.5 Å². The van der Waals surface area contributed by atoms with E-state index in [9.17, 15) is 4.79 Å². The molecule has 158 valence electrons. The molecule has 3 aromatic rings. The molecule has 31 heavy (non-hydrogen) atoms. The lowest BCUT2D eigenvalue weighted by atomic mass is 10.3. The highest BCUT2D eigenvalue weighted by Crippen LogP contribution is 2.20. The van der Waals surface area contributed by atoms with Gasteiger partial charge >= 0.3 is 6.03 Å². The first-order chi connectivity index (χ1) is 15.2. The molecule has 1 saturated heterocycles. The third-order valence-corrected chi connectivity index (χ3v) is 4.51. The Morgan fingerprint density at radius 2 is 1.71 bits per heavy atom. The van der Waals surface area contributed by atoms with E-state index in [0.717, 1.165) is 5.69 Å². The summed E-state index contributed by atoms with van der Waals surface area (Å²) < 4.78 is 5.39. The highest BCUT2D eigenvalue weighted by Gasteiger charge is 2.17. The van der Waals surface area contributed by atoms with E-state index in [0.29, 0.717) is 48.9 Å². The molecule has 10 nitrogen and oxygen atoms in total. The molecule has 1 fully saturated rings. The number of ether oxygens (including phenoxy) is 1. The van der Waals surface area contributed by atoms with Gasteiger partial charge in [-0.2, -0.15) is 15.0 Å². The third-order valence-electron chi connectivity index (χ3n) is 4.26. The molecule has 2 heterocycles. The number of urea groups is 1. The lowest BCUT2D eigenvalue weighted by molar-refractivity contribution is 0.122. The zero-order valence-corrected chi connectivity index (χ0v) is 17.2. The molecule has 0 saturated carbocycles. The minimum Gasteiger partial charge on any atom is -0.378 e. The van der Waals surface area contributed by atoms with E-state index < -0.39 is 6.03 Å². The van der Waals surface area contributed by atoms with E-state index in [-0.39, 0.29) is 5.95 Å². The number of carbonyl (C=O) groups excluding carboxylic acids is 1. The average molecular weight is 439 g/mol. The lowest BCUT2D eigenvalue weighted by Crippen LogP contribution is -2.37. The molecule has 0 aliphatic carbocycles. The van der Waals surface area contributed by atoms with Crippen molar-refractivity contribution in [1.29, 1.82) is 0 Å². The first kappa shape index (κ1) is 20.6. The van der Waals surface area contributed by atoms with Crippen molar-refractivity contribution in [3.8, 4) is 0 Å². The van der Waals surface area contributed by atoms with Crippen LogP contribution in [0.15, 0.2) is 64.8 Å². The fraction of sp³-hybridized carbons (Fsp3) is 0.200. The fourth-order valence-corrected chi connectivity index (χ4v) is 2.91. The number of carbonyl (C=O) groups is 1. The van der Waals surface area contributed by atoms with Crippen LogP contribution in [0.25, 0.3) is 0 Å². The van der Waals surface area contributed by atoms with Crippen LogP contribution < -0.4 is 15.5 Å². The number of azo groups is 1. The largest absolute Gasteiger partial charge is 0.378 e. The summed E-state index contributed by atoms with van der Waals surface area (Å²) >= 11 is 5.85. The molecule has 1 aliphatic heterocycles. The zero-order chi connectivity index (χ0) is 21.5. The average Bonchev–Trinajstić information content (AvgIpc) is 2.80. The van der Waals surface area contributed by atoms with Crippen LogP contribution in [0.2, 0.25) is 5.02 Å². The summed E-state index contributed by atoms with van der Waals surface area (Å²) in [5.41, 5.74) is 1.36. The van der Waals surface area contributed by atoms with Gasteiger partial charge in [0.1, 0.15) is 0 Å². The van der Waals surface area contributed by atoms with E-state index in [2.05, 4.69) is 35.8 Å². The predicted octanol–water partition coefficient (Wildman–Crippen LogP) is 4.42. The monoisotopic (exact) mass is 438 g/mol. The van der Waals surface area contributed by atoms with Gasteiger partial charge in [-0.3, -0.25) is 0 Å². The van der Waals surface area contributed by atoms with Gasteiger partial charge in [-0.05, 0) is 36.4 Å². The number of rotatable bonds is 5. The van der Waals surface area contributed by atoms with Gasteiger partial charge in [0.2, 0.25) is 11.9 Å². The Hall–Kier alpha value is -3.63. The number of anilines is 4. The summed E-state index contributed by atoms with van der Waals surface area (Å²) in [5, 5.41) is 13.9. The predicted molar refractivity (Wildman–Crippen MR) is 118 cm³/mol. The van der Waals surface area contributed by atoms with Crippen molar-refractivity contribution in [2.45, 2.75) is 0 Å². The highest BCUT2D eigenvalue weighted by molar-refractivity contribution is 6.30. The van der Waals surface area contributed by atoms with E-state index in [1.165, 1.54) is 0 Å². The molecule has 11 heteroatoms. The lowest BCUT2D eigenvalue weighted by Gasteiger charge is -2.26. The Bertz CT molecular complexity index is 1060. The Kier molecular flexibility index (Phi) is 6.60. The second-order valence-corrected chi connectivity index (χ2v) is 6.92. The molecular formula is C20H19ClN8O2. The van der Waals surface area contributed by atoms with Crippen LogP contribution >= 0.6 is 11.6 Å². The molecule has 1 aliphatic rings. The van der Waals surface area contributed by atoms with Gasteiger partial charge in [-0.15, -0.1) is 5.11 Å². The normalized spacial score (nSPS) is 13.9. The third kappa shape index (κ3) is 5.93. The summed E-state index contributed by atoms with van der Waals surface area (Å²) in [6, 6.07) is 15.5. The van der Waals surface area contributed by atoms with Gasteiger partial charge in [-0.25, -0.2) is 4.79 Å². The number of halogens is 1. The maximum atomic E-state index is 12.1. The molecule has 2 N–H and O–H groups in total. The number of para-hydroxylation sites is 1. The Morgan fingerprint density at radius 1 is 0.968 bits per heavy atom. The maximum absolute atomic E-state index is 12.1. The molecule has 0 radical (unpaired) electrons. The van der Waals surface area contributed by atoms with Gasteiger partial charge in [-0.1, -0.05) is 34.9 Å². The molecule has 0 atom stereocenters. The van der Waals surface area contributed by atoms with E-state index >= 15 is 0 Å². The topological polar surface area (TPSA) is 117 Å². The van der Waals surface area contributed by atoms with Crippen molar-refractivity contribution < 1.29 is 9.53 Å². The van der Waals surface area contributed by atoms with Crippen molar-refractivity contribution in [3.05, 3.63) is 59.6 Å². The molecule has 0 spiro atoms. The van der Waals surface area contributed by atoms with Crippen LogP contribution in [0.4, 0.5) is 34.0 Å². The van der Waals surface area contributed by atoms with E-state index in [4.69, 9.17) is 16.3 Å². The van der Waals surface area contributed by atoms with Crippen molar-refractivity contribution in [1.82, 2.24) is 15.0 Å². The number of aromatic nitrogens is 3. The number of hydrogen-bond donors (Lipinski definition) is 2. The number of morpholine rings is 1. The molecule has 2 amide bonds. The van der Waals surface area contributed by atoms with Gasteiger partial charge in [0.25, 0.3) is 5.95 Å².